The Kier molecular flexibility index (Phi) is 6.18. The third kappa shape index (κ3) is 4.83. The summed E-state index contributed by atoms with van der Waals surface area (Å²) < 4.78 is 30.0. The van der Waals surface area contributed by atoms with Crippen molar-refractivity contribution in [3.05, 3.63) is 0 Å². The first-order valence-electron chi connectivity index (χ1n) is 5.53. The van der Waals surface area contributed by atoms with Gasteiger partial charge in [-0.3, -0.25) is 9.56 Å². The fourth-order valence-corrected chi connectivity index (χ4v) is 3.14. The Morgan fingerprint density at radius 2 is 2.10 bits per heavy atom. The Morgan fingerprint density at radius 3 is 2.50 bits per heavy atom. The maximum absolute atomic E-state index is 11.4. The van der Waals surface area contributed by atoms with E-state index in [0.29, 0.717) is 12.8 Å². The highest BCUT2D eigenvalue weighted by atomic mass is 32.1. The van der Waals surface area contributed by atoms with Gasteiger partial charge in [0, 0.05) is 18.8 Å². The van der Waals surface area contributed by atoms with Gasteiger partial charge in [-0.05, 0) is 18.8 Å². The minimum atomic E-state index is -4.78. The maximum atomic E-state index is 11.4. The second-order valence-corrected chi connectivity index (χ2v) is 8.63. The van der Waals surface area contributed by atoms with Crippen molar-refractivity contribution >= 4 is 21.0 Å². The van der Waals surface area contributed by atoms with Crippen LogP contribution in [0.2, 0.25) is 0 Å². The van der Waals surface area contributed by atoms with E-state index in [1.165, 1.54) is 0 Å². The van der Waals surface area contributed by atoms with Crippen LogP contribution in [0.25, 0.3) is 0 Å². The van der Waals surface area contributed by atoms with Gasteiger partial charge >= 0.3 is 15.0 Å². The summed E-state index contributed by atoms with van der Waals surface area (Å²) in [4.78, 5) is 21.2. The van der Waals surface area contributed by atoms with Crippen molar-refractivity contribution in [1.82, 2.24) is 0 Å². The average Bonchev–Trinajstić information content (AvgIpc) is 3.11. The number of hydrogen-bond donors (Lipinski definition) is 1. The number of hydrogen-bond acceptors (Lipinski definition) is 10. The Balaban J connectivity index is 2.57. The van der Waals surface area contributed by atoms with Crippen molar-refractivity contribution in [2.24, 2.45) is 5.92 Å². The van der Waals surface area contributed by atoms with Crippen LogP contribution in [0.4, 0.5) is 0 Å². The molecule has 0 saturated heterocycles. The lowest BCUT2D eigenvalue weighted by molar-refractivity contribution is -0.780. The summed E-state index contributed by atoms with van der Waals surface area (Å²) in [6, 6.07) is 0. The quantitative estimate of drug-likeness (QED) is 0.271. The van der Waals surface area contributed by atoms with E-state index >= 15 is 0 Å². The molecule has 12 heteroatoms. The molecule has 1 aliphatic rings. The van der Waals surface area contributed by atoms with Crippen LogP contribution in [-0.2, 0) is 28.2 Å². The van der Waals surface area contributed by atoms with Crippen molar-refractivity contribution < 1.29 is 48.5 Å². The van der Waals surface area contributed by atoms with Gasteiger partial charge in [0.1, 0.15) is 0 Å². The summed E-state index contributed by atoms with van der Waals surface area (Å²) in [5.74, 6) is -1.75. The smallest absolute Gasteiger partial charge is 0.593 e. The second-order valence-electron chi connectivity index (χ2n) is 4.36. The maximum Gasteiger partial charge on any atom is 0.593 e. The van der Waals surface area contributed by atoms with Gasteiger partial charge in [0.05, 0.1) is 12.2 Å². The molecule has 0 heterocycles. The van der Waals surface area contributed by atoms with E-state index in [9.17, 15) is 34.3 Å². The van der Waals surface area contributed by atoms with E-state index in [4.69, 9.17) is 0 Å². The Morgan fingerprint density at radius 1 is 1.50 bits per heavy atom. The third-order valence-corrected chi connectivity index (χ3v) is 5.81. The predicted octanol–water partition coefficient (Wildman–Crippen LogP) is -1.89. The number of carbonyl (C=O) groups is 1. The van der Waals surface area contributed by atoms with E-state index in [0.717, 1.165) is 0 Å². The summed E-state index contributed by atoms with van der Waals surface area (Å²) in [5, 5.41) is 33.2. The largest absolute Gasteiger partial charge is 0.691 e. The zero-order valence-electron chi connectivity index (χ0n) is 10.1. The van der Waals surface area contributed by atoms with Crippen LogP contribution in [-0.4, -0.2) is 23.3 Å². The average molecular weight is 330 g/mol. The Hall–Kier alpha value is -0.440. The monoisotopic (exact) mass is 330 g/mol. The summed E-state index contributed by atoms with van der Waals surface area (Å²) in [6.07, 6.45) is 0.254. The molecule has 0 aliphatic heterocycles. The molecule has 0 aromatic heterocycles. The van der Waals surface area contributed by atoms with Gasteiger partial charge in [-0.25, -0.2) is 4.57 Å². The van der Waals surface area contributed by atoms with Crippen LogP contribution in [0.15, 0.2) is 0 Å². The van der Waals surface area contributed by atoms with E-state index in [2.05, 4.69) is 14.2 Å². The molecule has 116 valence electrons. The van der Waals surface area contributed by atoms with Gasteiger partial charge in [-0.15, -0.1) is 4.67 Å². The first-order valence-corrected chi connectivity index (χ1v) is 8.96. The molecule has 0 amide bonds. The molecule has 3 atom stereocenters. The molecule has 1 aliphatic carbocycles. The molecule has 0 aromatic rings. The first kappa shape index (κ1) is 17.6. The molecule has 0 bridgehead atoms. The number of rotatable bonds is 10. The number of aliphatic carboxylic acids is 1. The predicted molar refractivity (Wildman–Crippen MR) is 55.2 cm³/mol. The summed E-state index contributed by atoms with van der Waals surface area (Å²) in [5.41, 5.74) is -1.64. The standard InChI is InChI=1S/C8H14O10P2/c9-7(10)5-8(11,6-1-2-6)3-4-16-20(15,18-17-12)19(13)14/h6,11-12H,1-5H2,(H,9,10)/p-2. The molecule has 1 rings (SSSR count). The van der Waals surface area contributed by atoms with Gasteiger partial charge in [0.2, 0.25) is 0 Å². The van der Waals surface area contributed by atoms with E-state index in [1.54, 1.807) is 0 Å². The fourth-order valence-electron chi connectivity index (χ4n) is 1.78. The van der Waals surface area contributed by atoms with Gasteiger partial charge in [-0.2, -0.15) is 0 Å². The highest BCUT2D eigenvalue weighted by molar-refractivity contribution is 8.20. The fraction of sp³-hybridized carbons (Fsp3) is 0.875. The van der Waals surface area contributed by atoms with Crippen LogP contribution in [0.5, 0.6) is 0 Å². The highest BCUT2D eigenvalue weighted by Crippen LogP contribution is 2.66. The molecule has 1 N–H and O–H groups in total. The number of carboxylic acid groups (broad SMARTS) is 1. The van der Waals surface area contributed by atoms with E-state index in [1.807, 2.05) is 0 Å². The van der Waals surface area contributed by atoms with Gasteiger partial charge in [-0.1, -0.05) is 4.57 Å². The van der Waals surface area contributed by atoms with Crippen LogP contribution >= 0.6 is 15.0 Å². The lowest BCUT2D eigenvalue weighted by atomic mass is 9.90. The third-order valence-electron chi connectivity index (χ3n) is 2.90. The minimum Gasteiger partial charge on any atom is -0.691 e. The summed E-state index contributed by atoms with van der Waals surface area (Å²) >= 11 is 0. The zero-order chi connectivity index (χ0) is 15.4. The van der Waals surface area contributed by atoms with Gasteiger partial charge in [0.15, 0.2) is 0 Å². The molecule has 20 heavy (non-hydrogen) atoms. The topological polar surface area (TPSA) is 168 Å². The molecule has 1 fully saturated rings. The normalized spacial score (nSPS) is 21.9. The summed E-state index contributed by atoms with van der Waals surface area (Å²) in [6.45, 7) is -0.593. The molecular weight excluding hydrogens is 318 g/mol. The van der Waals surface area contributed by atoms with Crippen molar-refractivity contribution in [3.8, 4) is 0 Å². The van der Waals surface area contributed by atoms with Gasteiger partial charge in [0.25, 0.3) is 0 Å². The number of carbonyl (C=O) groups excluding carboxylic acids is 1. The number of aliphatic hydroxyl groups is 1. The van der Waals surface area contributed by atoms with E-state index in [-0.39, 0.29) is 12.3 Å². The molecule has 0 spiro atoms. The Bertz CT molecular complexity index is 421. The molecule has 1 saturated carbocycles. The number of carboxylic acids is 1. The van der Waals surface area contributed by atoms with Crippen LogP contribution in [0, 0.1) is 5.92 Å². The van der Waals surface area contributed by atoms with Crippen LogP contribution in [0.1, 0.15) is 25.7 Å². The lowest BCUT2D eigenvalue weighted by Crippen LogP contribution is -2.40. The molecular formula is C8H12O10P2-2. The lowest BCUT2D eigenvalue weighted by Gasteiger charge is -2.28. The van der Waals surface area contributed by atoms with Crippen molar-refractivity contribution in [2.45, 2.75) is 31.3 Å². The first-order chi connectivity index (χ1) is 9.23. The zero-order valence-corrected chi connectivity index (χ0v) is 11.9. The molecule has 10 nitrogen and oxygen atoms in total. The minimum absolute atomic E-state index is 0.277. The van der Waals surface area contributed by atoms with Crippen molar-refractivity contribution in [1.29, 1.82) is 0 Å². The SMILES string of the molecule is O=C([O-])CC(O)(CCOP(=O)(OO[O-])[P+](=O)[O-])C1CC1. The Labute approximate surface area is 114 Å². The van der Waals surface area contributed by atoms with E-state index < -0.39 is 39.6 Å². The van der Waals surface area contributed by atoms with Crippen LogP contribution in [0.3, 0.4) is 0 Å². The second kappa shape index (κ2) is 7.02. The van der Waals surface area contributed by atoms with Gasteiger partial charge < -0.3 is 25.2 Å². The van der Waals surface area contributed by atoms with Crippen molar-refractivity contribution in [2.75, 3.05) is 6.61 Å². The molecule has 0 aromatic carbocycles. The van der Waals surface area contributed by atoms with Crippen molar-refractivity contribution in [3.63, 3.8) is 0 Å². The molecule has 0 radical (unpaired) electrons. The van der Waals surface area contributed by atoms with Crippen LogP contribution < -0.4 is 15.3 Å². The molecule has 3 unspecified atom stereocenters. The highest BCUT2D eigenvalue weighted by Gasteiger charge is 2.46. The summed E-state index contributed by atoms with van der Waals surface area (Å²) in [7, 11) is -8.52.